The summed E-state index contributed by atoms with van der Waals surface area (Å²) < 4.78 is 15.2. The summed E-state index contributed by atoms with van der Waals surface area (Å²) in [4.78, 5) is 13.3. The first kappa shape index (κ1) is 19.1. The number of amides is 1. The van der Waals surface area contributed by atoms with Crippen LogP contribution < -0.4 is 10.7 Å². The van der Waals surface area contributed by atoms with Crippen molar-refractivity contribution < 1.29 is 9.18 Å². The molecule has 1 aromatic heterocycles. The van der Waals surface area contributed by atoms with Gasteiger partial charge in [-0.05, 0) is 37.1 Å². The van der Waals surface area contributed by atoms with Crippen LogP contribution in [0.4, 0.5) is 10.1 Å². The van der Waals surface area contributed by atoms with Gasteiger partial charge in [0, 0.05) is 11.3 Å². The van der Waals surface area contributed by atoms with Crippen LogP contribution >= 0.6 is 11.8 Å². The smallest absolute Gasteiger partial charge is 0.240 e. The molecule has 154 valence electrons. The highest BCUT2D eigenvalue weighted by atomic mass is 32.2. The zero-order valence-electron chi connectivity index (χ0n) is 16.3. The third-order valence-electron chi connectivity index (χ3n) is 5.82. The molecule has 1 atom stereocenters. The number of thioether (sulfide) groups is 1. The molecular weight excluding hydrogens is 401 g/mol. The number of fused-ring (bicyclic) bond motifs is 1. The number of rotatable bonds is 3. The number of carbonyl (C=O) groups is 1. The van der Waals surface area contributed by atoms with Crippen LogP contribution in [0.1, 0.15) is 32.1 Å². The summed E-state index contributed by atoms with van der Waals surface area (Å²) in [7, 11) is 0. The second kappa shape index (κ2) is 7.75. The van der Waals surface area contributed by atoms with Gasteiger partial charge >= 0.3 is 0 Å². The lowest BCUT2D eigenvalue weighted by molar-refractivity contribution is -0.117. The standard InChI is InChI=1S/C22H22FN5OS/c23-16-9-11-17(12-10-16)24-20(29)18-22(13-5-2-6-14-22)27-28-19(25-26-21(28)30-18)15-7-3-1-4-8-15/h1,3-4,7-12,18,27H,2,5-6,13-14H2,(H,24,29). The van der Waals surface area contributed by atoms with Crippen molar-refractivity contribution in [1.82, 2.24) is 14.9 Å². The zero-order valence-corrected chi connectivity index (χ0v) is 17.2. The number of nitrogens with zero attached hydrogens (tertiary/aromatic N) is 3. The molecule has 2 aromatic carbocycles. The average Bonchev–Trinajstić information content (AvgIpc) is 3.18. The molecule has 0 radical (unpaired) electrons. The Labute approximate surface area is 178 Å². The minimum absolute atomic E-state index is 0.100. The molecule has 1 unspecified atom stereocenters. The van der Waals surface area contributed by atoms with E-state index >= 15 is 0 Å². The lowest BCUT2D eigenvalue weighted by Crippen LogP contribution is -2.59. The second-order valence-corrected chi connectivity index (χ2v) is 8.90. The van der Waals surface area contributed by atoms with Crippen LogP contribution in [0.15, 0.2) is 59.8 Å². The minimum Gasteiger partial charge on any atom is -0.325 e. The molecule has 0 saturated heterocycles. The summed E-state index contributed by atoms with van der Waals surface area (Å²) in [5.74, 6) is 0.323. The van der Waals surface area contributed by atoms with E-state index in [0.717, 1.165) is 37.1 Å². The quantitative estimate of drug-likeness (QED) is 0.652. The summed E-state index contributed by atoms with van der Waals surface area (Å²) in [6.07, 6.45) is 5.08. The van der Waals surface area contributed by atoms with Gasteiger partial charge in [0.2, 0.25) is 11.1 Å². The van der Waals surface area contributed by atoms with Gasteiger partial charge in [0.25, 0.3) is 0 Å². The van der Waals surface area contributed by atoms with Gasteiger partial charge in [0.05, 0.1) is 5.54 Å². The van der Waals surface area contributed by atoms with Gasteiger partial charge < -0.3 is 10.7 Å². The van der Waals surface area contributed by atoms with Crippen LogP contribution in [0.3, 0.4) is 0 Å². The molecule has 1 aliphatic carbocycles. The van der Waals surface area contributed by atoms with Crippen LogP contribution in [0.25, 0.3) is 11.4 Å². The maximum atomic E-state index is 13.3. The van der Waals surface area contributed by atoms with Crippen molar-refractivity contribution in [3.05, 3.63) is 60.4 Å². The van der Waals surface area contributed by atoms with Crippen molar-refractivity contribution in [2.75, 3.05) is 10.7 Å². The van der Waals surface area contributed by atoms with Crippen molar-refractivity contribution in [3.8, 4) is 11.4 Å². The molecule has 6 nitrogen and oxygen atoms in total. The SMILES string of the molecule is O=C(Nc1ccc(F)cc1)C1Sc2nnc(-c3ccccc3)n2NC12CCCCC2. The Morgan fingerprint density at radius 3 is 2.53 bits per heavy atom. The molecule has 1 fully saturated rings. The Morgan fingerprint density at radius 1 is 1.07 bits per heavy atom. The maximum absolute atomic E-state index is 13.3. The van der Waals surface area contributed by atoms with Crippen LogP contribution in [0, 0.1) is 5.82 Å². The Morgan fingerprint density at radius 2 is 1.80 bits per heavy atom. The van der Waals surface area contributed by atoms with E-state index < -0.39 is 0 Å². The van der Waals surface area contributed by atoms with Gasteiger partial charge in [-0.3, -0.25) is 4.79 Å². The third kappa shape index (κ3) is 3.45. The topological polar surface area (TPSA) is 71.8 Å². The van der Waals surface area contributed by atoms with E-state index in [4.69, 9.17) is 0 Å². The fourth-order valence-electron chi connectivity index (χ4n) is 4.32. The van der Waals surface area contributed by atoms with Gasteiger partial charge in [0.15, 0.2) is 5.82 Å². The van der Waals surface area contributed by atoms with E-state index in [0.29, 0.717) is 10.8 Å². The molecular formula is C22H22FN5OS. The van der Waals surface area contributed by atoms with E-state index in [1.54, 1.807) is 12.1 Å². The highest BCUT2D eigenvalue weighted by molar-refractivity contribution is 8.00. The lowest BCUT2D eigenvalue weighted by Gasteiger charge is -2.46. The molecule has 2 heterocycles. The van der Waals surface area contributed by atoms with Crippen LogP contribution in [0.5, 0.6) is 0 Å². The number of nitrogens with one attached hydrogen (secondary N) is 2. The van der Waals surface area contributed by atoms with Gasteiger partial charge in [-0.25, -0.2) is 9.07 Å². The summed E-state index contributed by atoms with van der Waals surface area (Å²) in [6.45, 7) is 0. The normalized spacial score (nSPS) is 19.7. The molecule has 3 aromatic rings. The Bertz CT molecular complexity index is 1050. The number of anilines is 1. The monoisotopic (exact) mass is 423 g/mol. The van der Waals surface area contributed by atoms with Crippen molar-refractivity contribution in [1.29, 1.82) is 0 Å². The zero-order chi connectivity index (χ0) is 20.6. The predicted molar refractivity (Wildman–Crippen MR) is 115 cm³/mol. The number of halogens is 1. The van der Waals surface area contributed by atoms with Crippen LogP contribution in [0.2, 0.25) is 0 Å². The lowest BCUT2D eigenvalue weighted by atomic mass is 9.79. The minimum atomic E-state index is -0.383. The Hall–Kier alpha value is -2.87. The van der Waals surface area contributed by atoms with Crippen LogP contribution in [-0.2, 0) is 4.79 Å². The van der Waals surface area contributed by atoms with Crippen molar-refractivity contribution >= 4 is 23.4 Å². The maximum Gasteiger partial charge on any atom is 0.240 e. The summed E-state index contributed by atoms with van der Waals surface area (Å²) in [5, 5.41) is 12.0. The highest BCUT2D eigenvalue weighted by Crippen LogP contribution is 2.44. The summed E-state index contributed by atoms with van der Waals surface area (Å²) >= 11 is 1.45. The fraction of sp³-hybridized carbons (Fsp3) is 0.318. The van der Waals surface area contributed by atoms with Crippen molar-refractivity contribution in [2.24, 2.45) is 0 Å². The fourth-order valence-corrected chi connectivity index (χ4v) is 5.54. The van der Waals surface area contributed by atoms with Gasteiger partial charge in [0.1, 0.15) is 11.1 Å². The number of benzene rings is 2. The summed E-state index contributed by atoms with van der Waals surface area (Å²) in [5.41, 5.74) is 4.82. The first-order valence-electron chi connectivity index (χ1n) is 10.2. The van der Waals surface area contributed by atoms with E-state index in [9.17, 15) is 9.18 Å². The van der Waals surface area contributed by atoms with Gasteiger partial charge in [-0.15, -0.1) is 10.2 Å². The Kier molecular flexibility index (Phi) is 4.94. The average molecular weight is 424 g/mol. The third-order valence-corrected chi connectivity index (χ3v) is 7.20. The van der Waals surface area contributed by atoms with Crippen molar-refractivity contribution in [3.63, 3.8) is 0 Å². The van der Waals surface area contributed by atoms with E-state index in [-0.39, 0.29) is 22.5 Å². The van der Waals surface area contributed by atoms with Crippen molar-refractivity contribution in [2.45, 2.75) is 48.0 Å². The molecule has 0 bridgehead atoms. The first-order valence-corrected chi connectivity index (χ1v) is 11.0. The molecule has 1 aliphatic heterocycles. The molecule has 1 amide bonds. The molecule has 5 rings (SSSR count). The van der Waals surface area contributed by atoms with Gasteiger partial charge in [-0.2, -0.15) is 0 Å². The van der Waals surface area contributed by atoms with Crippen LogP contribution in [-0.4, -0.2) is 31.6 Å². The van der Waals surface area contributed by atoms with E-state index in [2.05, 4.69) is 20.9 Å². The number of carbonyl (C=O) groups excluding carboxylic acids is 1. The highest BCUT2D eigenvalue weighted by Gasteiger charge is 2.49. The predicted octanol–water partition coefficient (Wildman–Crippen LogP) is 4.44. The van der Waals surface area contributed by atoms with E-state index in [1.807, 2.05) is 35.0 Å². The molecule has 2 aliphatic rings. The Balaban J connectivity index is 1.48. The largest absolute Gasteiger partial charge is 0.325 e. The number of hydrogen-bond donors (Lipinski definition) is 2. The molecule has 1 spiro atoms. The molecule has 8 heteroatoms. The van der Waals surface area contributed by atoms with Gasteiger partial charge in [-0.1, -0.05) is 61.4 Å². The molecule has 1 saturated carbocycles. The first-order chi connectivity index (χ1) is 14.6. The van der Waals surface area contributed by atoms with E-state index in [1.165, 1.54) is 30.3 Å². The molecule has 30 heavy (non-hydrogen) atoms. The summed E-state index contributed by atoms with van der Waals surface area (Å²) in [6, 6.07) is 15.8. The second-order valence-electron chi connectivity index (χ2n) is 7.83. The molecule has 2 N–H and O–H groups in total. The number of hydrogen-bond acceptors (Lipinski definition) is 5. The number of aromatic nitrogens is 3.